The van der Waals surface area contributed by atoms with Crippen molar-refractivity contribution in [3.8, 4) is 17.1 Å². The molecule has 2 aromatic rings. The van der Waals surface area contributed by atoms with E-state index in [1.165, 1.54) is 19.3 Å². The minimum absolute atomic E-state index is 0.122. The molecule has 6 nitrogen and oxygen atoms in total. The number of carbonyl (C=O) groups excluding carboxylic acids is 1. The van der Waals surface area contributed by atoms with Crippen molar-refractivity contribution in [1.82, 2.24) is 15.0 Å². The molecule has 3 rings (SSSR count). The van der Waals surface area contributed by atoms with Crippen LogP contribution in [-0.4, -0.2) is 41.1 Å². The summed E-state index contributed by atoms with van der Waals surface area (Å²) in [5, 5.41) is 4.13. The first-order valence-corrected chi connectivity index (χ1v) is 10.5. The zero-order valence-corrected chi connectivity index (χ0v) is 17.0. The fourth-order valence-corrected chi connectivity index (χ4v) is 3.70. The molecule has 0 radical (unpaired) electrons. The number of unbranched alkanes of at least 4 members (excludes halogenated alkanes) is 4. The van der Waals surface area contributed by atoms with Crippen molar-refractivity contribution in [1.29, 1.82) is 0 Å². The fourth-order valence-electron chi connectivity index (χ4n) is 3.70. The van der Waals surface area contributed by atoms with Crippen LogP contribution in [0.15, 0.2) is 28.8 Å². The molecule has 0 spiro atoms. The Labute approximate surface area is 167 Å². The van der Waals surface area contributed by atoms with Gasteiger partial charge in [0.2, 0.25) is 17.6 Å². The lowest BCUT2D eigenvalue weighted by molar-refractivity contribution is -0.132. The second-order valence-electron chi connectivity index (χ2n) is 7.53. The summed E-state index contributed by atoms with van der Waals surface area (Å²) in [6.45, 7) is 3.72. The van der Waals surface area contributed by atoms with Crippen molar-refractivity contribution in [3.63, 3.8) is 0 Å². The molecule has 1 saturated heterocycles. The summed E-state index contributed by atoms with van der Waals surface area (Å²) in [5.74, 6) is 2.39. The van der Waals surface area contributed by atoms with E-state index in [0.717, 1.165) is 43.5 Å². The highest BCUT2D eigenvalue weighted by atomic mass is 16.5. The summed E-state index contributed by atoms with van der Waals surface area (Å²) < 4.78 is 10.7. The highest BCUT2D eigenvalue weighted by Crippen LogP contribution is 2.28. The van der Waals surface area contributed by atoms with E-state index in [1.807, 2.05) is 29.2 Å². The van der Waals surface area contributed by atoms with E-state index in [9.17, 15) is 4.79 Å². The van der Waals surface area contributed by atoms with Crippen LogP contribution in [-0.2, 0) is 4.79 Å². The summed E-state index contributed by atoms with van der Waals surface area (Å²) in [6, 6.07) is 7.60. The molecule has 1 amide bonds. The van der Waals surface area contributed by atoms with Crippen molar-refractivity contribution in [2.24, 2.45) is 0 Å². The highest BCUT2D eigenvalue weighted by Gasteiger charge is 2.28. The lowest BCUT2D eigenvalue weighted by Gasteiger charge is -2.31. The first kappa shape index (κ1) is 20.4. The Balaban J connectivity index is 1.55. The number of aromatic nitrogens is 2. The molecule has 28 heavy (non-hydrogen) atoms. The highest BCUT2D eigenvalue weighted by molar-refractivity contribution is 5.76. The smallest absolute Gasteiger partial charge is 0.231 e. The third kappa shape index (κ3) is 5.33. The van der Waals surface area contributed by atoms with Crippen molar-refractivity contribution in [2.75, 3.05) is 20.2 Å². The number of carbonyl (C=O) groups is 1. The molecule has 0 N–H and O–H groups in total. The number of hydrogen-bond donors (Lipinski definition) is 0. The van der Waals surface area contributed by atoms with Gasteiger partial charge in [-0.1, -0.05) is 37.8 Å². The monoisotopic (exact) mass is 385 g/mol. The van der Waals surface area contributed by atoms with Gasteiger partial charge in [0, 0.05) is 25.1 Å². The Hall–Kier alpha value is -2.37. The molecule has 1 unspecified atom stereocenters. The summed E-state index contributed by atoms with van der Waals surface area (Å²) >= 11 is 0. The Morgan fingerprint density at radius 2 is 2.00 bits per heavy atom. The largest absolute Gasteiger partial charge is 0.497 e. The third-order valence-corrected chi connectivity index (χ3v) is 5.41. The van der Waals surface area contributed by atoms with Gasteiger partial charge in [0.05, 0.1) is 13.0 Å². The Morgan fingerprint density at radius 3 is 2.75 bits per heavy atom. The van der Waals surface area contributed by atoms with Crippen LogP contribution in [0.1, 0.15) is 70.1 Å². The zero-order valence-electron chi connectivity index (χ0n) is 17.0. The van der Waals surface area contributed by atoms with E-state index in [-0.39, 0.29) is 11.8 Å². The van der Waals surface area contributed by atoms with Crippen molar-refractivity contribution < 1.29 is 14.1 Å². The molecular formula is C22H31N3O3. The molecule has 6 heteroatoms. The van der Waals surface area contributed by atoms with Crippen LogP contribution in [0.3, 0.4) is 0 Å². The van der Waals surface area contributed by atoms with E-state index >= 15 is 0 Å². The molecule has 2 heterocycles. The summed E-state index contributed by atoms with van der Waals surface area (Å²) in [5.41, 5.74) is 0.895. The number of hydrogen-bond acceptors (Lipinski definition) is 5. The van der Waals surface area contributed by atoms with E-state index in [1.54, 1.807) is 7.11 Å². The Morgan fingerprint density at radius 1 is 1.21 bits per heavy atom. The molecule has 1 aliphatic heterocycles. The van der Waals surface area contributed by atoms with Crippen LogP contribution < -0.4 is 4.74 Å². The normalized spacial score (nSPS) is 16.9. The Bertz CT molecular complexity index is 742. The van der Waals surface area contributed by atoms with Gasteiger partial charge in [0.1, 0.15) is 5.75 Å². The van der Waals surface area contributed by atoms with Crippen LogP contribution >= 0.6 is 0 Å². The lowest BCUT2D eigenvalue weighted by atomic mass is 9.97. The predicted octanol–water partition coefficient (Wildman–Crippen LogP) is 4.81. The van der Waals surface area contributed by atoms with E-state index < -0.39 is 0 Å². The van der Waals surface area contributed by atoms with Crippen LogP contribution in [0.25, 0.3) is 11.4 Å². The molecule has 1 aromatic carbocycles. The maximum absolute atomic E-state index is 12.5. The van der Waals surface area contributed by atoms with Gasteiger partial charge >= 0.3 is 0 Å². The average molecular weight is 386 g/mol. The van der Waals surface area contributed by atoms with Crippen LogP contribution in [0.5, 0.6) is 5.75 Å². The van der Waals surface area contributed by atoms with Gasteiger partial charge < -0.3 is 14.2 Å². The minimum Gasteiger partial charge on any atom is -0.497 e. The zero-order chi connectivity index (χ0) is 19.8. The summed E-state index contributed by atoms with van der Waals surface area (Å²) in [6.07, 6.45) is 8.45. The van der Waals surface area contributed by atoms with Gasteiger partial charge in [-0.25, -0.2) is 0 Å². The average Bonchev–Trinajstić information content (AvgIpc) is 3.24. The van der Waals surface area contributed by atoms with Crippen molar-refractivity contribution in [2.45, 2.75) is 64.2 Å². The number of ether oxygens (including phenoxy) is 1. The van der Waals surface area contributed by atoms with E-state index in [2.05, 4.69) is 17.1 Å². The van der Waals surface area contributed by atoms with Crippen LogP contribution in [0.2, 0.25) is 0 Å². The fraction of sp³-hybridized carbons (Fsp3) is 0.591. The number of methoxy groups -OCH3 is 1. The second-order valence-corrected chi connectivity index (χ2v) is 7.53. The number of piperidine rings is 1. The minimum atomic E-state index is 0.122. The SMILES string of the molecule is CCCCCCCC(=O)N1CCCC(c2nc(-c3ccc(OC)cc3)no2)C1. The van der Waals surface area contributed by atoms with Gasteiger partial charge in [-0.2, -0.15) is 4.98 Å². The molecule has 0 aliphatic carbocycles. The molecule has 1 aromatic heterocycles. The van der Waals surface area contributed by atoms with Gasteiger partial charge in [-0.05, 0) is 43.5 Å². The molecule has 152 valence electrons. The molecule has 0 saturated carbocycles. The first-order valence-electron chi connectivity index (χ1n) is 10.5. The van der Waals surface area contributed by atoms with E-state index in [4.69, 9.17) is 9.26 Å². The van der Waals surface area contributed by atoms with Gasteiger partial charge in [-0.3, -0.25) is 4.79 Å². The van der Waals surface area contributed by atoms with Crippen LogP contribution in [0.4, 0.5) is 0 Å². The maximum atomic E-state index is 12.5. The molecule has 0 bridgehead atoms. The first-order chi connectivity index (χ1) is 13.7. The third-order valence-electron chi connectivity index (χ3n) is 5.41. The summed E-state index contributed by atoms with van der Waals surface area (Å²) in [4.78, 5) is 19.1. The second kappa shape index (κ2) is 10.2. The lowest BCUT2D eigenvalue weighted by Crippen LogP contribution is -2.39. The maximum Gasteiger partial charge on any atom is 0.231 e. The number of nitrogens with zero attached hydrogens (tertiary/aromatic N) is 3. The number of amides is 1. The van der Waals surface area contributed by atoms with E-state index in [0.29, 0.717) is 24.7 Å². The molecule has 1 atom stereocenters. The molecular weight excluding hydrogens is 354 g/mol. The predicted molar refractivity (Wildman–Crippen MR) is 108 cm³/mol. The molecule has 1 aliphatic rings. The van der Waals surface area contributed by atoms with Crippen molar-refractivity contribution >= 4 is 5.91 Å². The standard InChI is InChI=1S/C22H31N3O3/c1-3-4-5-6-7-10-20(26)25-15-8-9-18(16-25)22-23-21(24-28-22)17-11-13-19(27-2)14-12-17/h11-14,18H,3-10,15-16H2,1-2H3. The quantitative estimate of drug-likeness (QED) is 0.579. The van der Waals surface area contributed by atoms with Crippen molar-refractivity contribution in [3.05, 3.63) is 30.2 Å². The molecule has 1 fully saturated rings. The van der Waals surface area contributed by atoms with Gasteiger partial charge in [0.15, 0.2) is 0 Å². The summed E-state index contributed by atoms with van der Waals surface area (Å²) in [7, 11) is 1.64. The van der Waals surface area contributed by atoms with Gasteiger partial charge in [-0.15, -0.1) is 0 Å². The number of rotatable bonds is 9. The number of likely N-dealkylation sites (tertiary alicyclic amines) is 1. The Kier molecular flexibility index (Phi) is 7.46. The topological polar surface area (TPSA) is 68.5 Å². The van der Waals surface area contributed by atoms with Crippen LogP contribution in [0, 0.1) is 0 Å². The number of benzene rings is 1. The van der Waals surface area contributed by atoms with Gasteiger partial charge in [0.25, 0.3) is 0 Å².